The van der Waals surface area contributed by atoms with Crippen LogP contribution in [0.2, 0.25) is 0 Å². The number of hydrogen-bond acceptors (Lipinski definition) is 7. The number of aryl methyl sites for hydroxylation is 1. The summed E-state index contributed by atoms with van der Waals surface area (Å²) in [6, 6.07) is 7.83. The quantitative estimate of drug-likeness (QED) is 0.661. The number of nitrogens with two attached hydrogens (primary N) is 1. The van der Waals surface area contributed by atoms with E-state index < -0.39 is 23.9 Å². The van der Waals surface area contributed by atoms with Gasteiger partial charge in [-0.05, 0) is 30.7 Å². The number of hydrogen-bond donors (Lipinski definition) is 1. The van der Waals surface area contributed by atoms with E-state index in [1.54, 1.807) is 31.2 Å². The maximum atomic E-state index is 14.8. The van der Waals surface area contributed by atoms with E-state index >= 15 is 0 Å². The smallest absolute Gasteiger partial charge is 0.414 e. The number of nitrogens with zero attached hydrogens (tertiary/aromatic N) is 4. The lowest BCUT2D eigenvalue weighted by Crippen LogP contribution is -2.25. The van der Waals surface area contributed by atoms with Gasteiger partial charge in [0.05, 0.1) is 12.2 Å². The first-order chi connectivity index (χ1) is 14.4. The minimum absolute atomic E-state index is 0.116. The third kappa shape index (κ3) is 3.97. The second-order valence-corrected chi connectivity index (χ2v) is 6.84. The zero-order chi connectivity index (χ0) is 21.3. The van der Waals surface area contributed by atoms with Crippen molar-refractivity contribution in [3.05, 3.63) is 48.2 Å². The highest BCUT2D eigenvalue weighted by Crippen LogP contribution is 2.30. The molecule has 1 saturated heterocycles. The van der Waals surface area contributed by atoms with Crippen molar-refractivity contribution in [2.24, 2.45) is 5.73 Å². The summed E-state index contributed by atoms with van der Waals surface area (Å²) in [5.74, 6) is -0.263. The van der Waals surface area contributed by atoms with E-state index in [0.29, 0.717) is 34.8 Å². The predicted octanol–water partition coefficient (Wildman–Crippen LogP) is 2.84. The summed E-state index contributed by atoms with van der Waals surface area (Å²) >= 11 is 0. The summed E-state index contributed by atoms with van der Waals surface area (Å²) in [6.07, 6.45) is 0.910. The number of halogens is 1. The number of aromatic nitrogens is 3. The van der Waals surface area contributed by atoms with Gasteiger partial charge in [-0.15, -0.1) is 10.2 Å². The second kappa shape index (κ2) is 7.90. The Morgan fingerprint density at radius 3 is 2.77 bits per heavy atom. The molecule has 0 aliphatic carbocycles. The first-order valence-electron chi connectivity index (χ1n) is 9.23. The highest BCUT2D eigenvalue weighted by atomic mass is 19.1. The largest absolute Gasteiger partial charge is 0.444 e. The molecule has 0 bridgehead atoms. The third-order valence-corrected chi connectivity index (χ3v) is 4.67. The molecule has 1 aromatic carbocycles. The number of primary amides is 1. The number of amides is 2. The van der Waals surface area contributed by atoms with Crippen molar-refractivity contribution in [1.82, 2.24) is 15.2 Å². The summed E-state index contributed by atoms with van der Waals surface area (Å²) in [4.78, 5) is 28.6. The van der Waals surface area contributed by atoms with E-state index in [9.17, 15) is 14.0 Å². The lowest BCUT2D eigenvalue weighted by Gasteiger charge is -2.14. The summed E-state index contributed by atoms with van der Waals surface area (Å²) in [6.45, 7) is 1.91. The Morgan fingerprint density at radius 1 is 1.30 bits per heavy atom. The van der Waals surface area contributed by atoms with Crippen LogP contribution in [0.15, 0.2) is 40.9 Å². The van der Waals surface area contributed by atoms with Crippen LogP contribution in [0.1, 0.15) is 18.7 Å². The Kier molecular flexibility index (Phi) is 5.13. The van der Waals surface area contributed by atoms with Crippen LogP contribution in [0.25, 0.3) is 22.7 Å². The number of benzene rings is 1. The van der Waals surface area contributed by atoms with Gasteiger partial charge in [0.25, 0.3) is 5.89 Å². The molecule has 2 amide bonds. The number of ether oxygens (including phenoxy) is 1. The van der Waals surface area contributed by atoms with Gasteiger partial charge < -0.3 is 14.9 Å². The molecule has 0 radical (unpaired) electrons. The summed E-state index contributed by atoms with van der Waals surface area (Å²) < 4.78 is 25.3. The van der Waals surface area contributed by atoms with Crippen LogP contribution in [0.4, 0.5) is 14.9 Å². The Bertz CT molecular complexity index is 1100. The topological polar surface area (TPSA) is 124 Å². The number of cyclic esters (lactones) is 1. The number of pyridine rings is 1. The van der Waals surface area contributed by atoms with Gasteiger partial charge in [0.2, 0.25) is 11.8 Å². The molecule has 10 heteroatoms. The third-order valence-electron chi connectivity index (χ3n) is 4.67. The van der Waals surface area contributed by atoms with E-state index in [2.05, 4.69) is 15.2 Å². The van der Waals surface area contributed by atoms with Crippen LogP contribution in [-0.2, 0) is 9.53 Å². The predicted molar refractivity (Wildman–Crippen MR) is 104 cm³/mol. The average molecular weight is 411 g/mol. The van der Waals surface area contributed by atoms with E-state index in [1.807, 2.05) is 0 Å². The molecule has 2 aromatic heterocycles. The van der Waals surface area contributed by atoms with Crippen molar-refractivity contribution in [2.75, 3.05) is 11.4 Å². The molecule has 1 fully saturated rings. The SMILES string of the molecule is Cc1nnc(-c2ccc(-c3ccc(N4CC(CCC(N)=O)OC4=O)cc3F)cn2)o1. The molecule has 3 heterocycles. The van der Waals surface area contributed by atoms with Crippen molar-refractivity contribution in [3.8, 4) is 22.7 Å². The molecule has 4 rings (SSSR count). The summed E-state index contributed by atoms with van der Waals surface area (Å²) in [7, 11) is 0. The van der Waals surface area contributed by atoms with Crippen LogP contribution in [0.5, 0.6) is 0 Å². The number of rotatable bonds is 6. The fraction of sp³-hybridized carbons (Fsp3) is 0.250. The lowest BCUT2D eigenvalue weighted by atomic mass is 10.1. The zero-order valence-electron chi connectivity index (χ0n) is 16.0. The van der Waals surface area contributed by atoms with Crippen LogP contribution in [0.3, 0.4) is 0 Å². The van der Waals surface area contributed by atoms with Gasteiger partial charge in [-0.2, -0.15) is 0 Å². The zero-order valence-corrected chi connectivity index (χ0v) is 16.0. The van der Waals surface area contributed by atoms with Gasteiger partial charge in [-0.3, -0.25) is 14.7 Å². The molecule has 1 aliphatic rings. The average Bonchev–Trinajstić information content (AvgIpc) is 3.32. The van der Waals surface area contributed by atoms with Crippen LogP contribution < -0.4 is 10.6 Å². The molecule has 3 aromatic rings. The minimum Gasteiger partial charge on any atom is -0.444 e. The van der Waals surface area contributed by atoms with Crippen molar-refractivity contribution in [3.63, 3.8) is 0 Å². The van der Waals surface area contributed by atoms with E-state index in [0.717, 1.165) is 0 Å². The molecular weight excluding hydrogens is 393 g/mol. The standard InChI is InChI=1S/C20H18FN5O4/c1-11-24-25-19(29-11)17-6-2-12(9-23-17)15-5-3-13(8-16(15)21)26-10-14(30-20(26)28)4-7-18(22)27/h2-3,5-6,8-9,14H,4,7,10H2,1H3,(H2,22,27). The van der Waals surface area contributed by atoms with Gasteiger partial charge in [-0.1, -0.05) is 6.07 Å². The molecule has 1 unspecified atom stereocenters. The molecule has 0 saturated carbocycles. The number of anilines is 1. The van der Waals surface area contributed by atoms with Crippen LogP contribution >= 0.6 is 0 Å². The van der Waals surface area contributed by atoms with Gasteiger partial charge >= 0.3 is 6.09 Å². The second-order valence-electron chi connectivity index (χ2n) is 6.84. The van der Waals surface area contributed by atoms with Crippen molar-refractivity contribution >= 4 is 17.7 Å². The fourth-order valence-electron chi connectivity index (χ4n) is 3.17. The Balaban J connectivity index is 1.51. The molecular formula is C20H18FN5O4. The minimum atomic E-state index is -0.586. The highest BCUT2D eigenvalue weighted by molar-refractivity contribution is 5.90. The van der Waals surface area contributed by atoms with Crippen molar-refractivity contribution < 1.29 is 23.1 Å². The maximum Gasteiger partial charge on any atom is 0.414 e. The molecule has 30 heavy (non-hydrogen) atoms. The maximum absolute atomic E-state index is 14.8. The van der Waals surface area contributed by atoms with Crippen molar-refractivity contribution in [2.45, 2.75) is 25.9 Å². The van der Waals surface area contributed by atoms with Gasteiger partial charge in [0.1, 0.15) is 17.6 Å². The molecule has 1 aliphatic heterocycles. The monoisotopic (exact) mass is 411 g/mol. The molecule has 154 valence electrons. The molecule has 1 atom stereocenters. The van der Waals surface area contributed by atoms with E-state index in [1.165, 1.54) is 17.2 Å². The van der Waals surface area contributed by atoms with Gasteiger partial charge in [0.15, 0.2) is 0 Å². The van der Waals surface area contributed by atoms with Crippen LogP contribution in [0, 0.1) is 12.7 Å². The summed E-state index contributed by atoms with van der Waals surface area (Å²) in [5, 5.41) is 7.65. The molecule has 9 nitrogen and oxygen atoms in total. The van der Waals surface area contributed by atoms with E-state index in [4.69, 9.17) is 14.9 Å². The summed E-state index contributed by atoms with van der Waals surface area (Å²) in [5.41, 5.74) is 6.87. The molecule has 0 spiro atoms. The Labute approximate surface area is 170 Å². The fourth-order valence-corrected chi connectivity index (χ4v) is 3.17. The highest BCUT2D eigenvalue weighted by Gasteiger charge is 2.32. The van der Waals surface area contributed by atoms with Crippen LogP contribution in [-0.4, -0.2) is 39.8 Å². The van der Waals surface area contributed by atoms with Gasteiger partial charge in [-0.25, -0.2) is 9.18 Å². The van der Waals surface area contributed by atoms with E-state index in [-0.39, 0.29) is 18.9 Å². The molecule has 2 N–H and O–H groups in total. The first-order valence-corrected chi connectivity index (χ1v) is 9.23. The Morgan fingerprint density at radius 2 is 2.13 bits per heavy atom. The first kappa shape index (κ1) is 19.5. The van der Waals surface area contributed by atoms with Gasteiger partial charge in [0, 0.05) is 30.7 Å². The van der Waals surface area contributed by atoms with Crippen molar-refractivity contribution in [1.29, 1.82) is 0 Å². The Hall–Kier alpha value is -3.82. The number of carbonyl (C=O) groups is 2. The lowest BCUT2D eigenvalue weighted by molar-refractivity contribution is -0.118. The number of carbonyl (C=O) groups excluding carboxylic acids is 2. The normalized spacial score (nSPS) is 16.0.